The molecule has 1 aromatic carbocycles. The number of ether oxygens (including phenoxy) is 1. The van der Waals surface area contributed by atoms with Crippen LogP contribution in [0.3, 0.4) is 0 Å². The third-order valence-electron chi connectivity index (χ3n) is 4.16. The molecule has 0 atom stereocenters. The topological polar surface area (TPSA) is 83.6 Å². The molecule has 0 saturated heterocycles. The highest BCUT2D eigenvalue weighted by Gasteiger charge is 2.11. The van der Waals surface area contributed by atoms with Gasteiger partial charge in [0.25, 0.3) is 11.8 Å². The number of benzene rings is 1. The van der Waals surface area contributed by atoms with Crippen LogP contribution in [-0.2, 0) is 6.42 Å². The Morgan fingerprint density at radius 3 is 2.61 bits per heavy atom. The van der Waals surface area contributed by atoms with E-state index in [-0.39, 0.29) is 17.5 Å². The molecule has 2 N–H and O–H groups in total. The summed E-state index contributed by atoms with van der Waals surface area (Å²) in [6.45, 7) is 1.95. The Labute approximate surface area is 166 Å². The van der Waals surface area contributed by atoms with Crippen molar-refractivity contribution in [3.63, 3.8) is 0 Å². The molecular weight excluding hydrogens is 356 g/mol. The summed E-state index contributed by atoms with van der Waals surface area (Å²) in [7, 11) is 5.60. The molecule has 0 saturated carbocycles. The Bertz CT molecular complexity index is 793. The van der Waals surface area contributed by atoms with Crippen LogP contribution in [0.25, 0.3) is 0 Å². The summed E-state index contributed by atoms with van der Waals surface area (Å²) in [5, 5.41) is 5.70. The Balaban J connectivity index is 1.84. The number of carbonyl (C=O) groups excluding carboxylic acids is 2. The second kappa shape index (κ2) is 11.0. The summed E-state index contributed by atoms with van der Waals surface area (Å²) in [5.41, 5.74) is 1.72. The zero-order valence-electron chi connectivity index (χ0n) is 16.7. The molecule has 7 nitrogen and oxygen atoms in total. The fourth-order valence-electron chi connectivity index (χ4n) is 2.63. The molecule has 0 radical (unpaired) electrons. The number of rotatable bonds is 10. The third kappa shape index (κ3) is 7.00. The van der Waals surface area contributed by atoms with Gasteiger partial charge < -0.3 is 20.3 Å². The standard InChI is InChI=1S/C21H28N4O3/c1-25(2)13-5-10-23-20(26)17-9-12-22-19(15-17)21(27)24-11-8-16-6-4-7-18(14-16)28-3/h4,6-7,9,12,14-15H,5,8,10-11,13H2,1-3H3,(H,23,26)(H,24,27). The van der Waals surface area contributed by atoms with Gasteiger partial charge in [0.2, 0.25) is 0 Å². The van der Waals surface area contributed by atoms with Gasteiger partial charge in [-0.1, -0.05) is 12.1 Å². The number of carbonyl (C=O) groups is 2. The highest BCUT2D eigenvalue weighted by atomic mass is 16.5. The zero-order valence-corrected chi connectivity index (χ0v) is 16.7. The van der Waals surface area contributed by atoms with Crippen molar-refractivity contribution < 1.29 is 14.3 Å². The molecule has 28 heavy (non-hydrogen) atoms. The fourth-order valence-corrected chi connectivity index (χ4v) is 2.63. The minimum atomic E-state index is -0.301. The van der Waals surface area contributed by atoms with E-state index in [0.29, 0.717) is 25.1 Å². The van der Waals surface area contributed by atoms with Gasteiger partial charge in [-0.15, -0.1) is 0 Å². The molecule has 0 unspecified atom stereocenters. The predicted molar refractivity (Wildman–Crippen MR) is 109 cm³/mol. The highest BCUT2D eigenvalue weighted by Crippen LogP contribution is 2.12. The second-order valence-corrected chi connectivity index (χ2v) is 6.70. The number of methoxy groups -OCH3 is 1. The van der Waals surface area contributed by atoms with Gasteiger partial charge >= 0.3 is 0 Å². The molecule has 0 bridgehead atoms. The van der Waals surface area contributed by atoms with Gasteiger partial charge in [0.05, 0.1) is 7.11 Å². The lowest BCUT2D eigenvalue weighted by Crippen LogP contribution is -2.29. The molecule has 150 valence electrons. The van der Waals surface area contributed by atoms with Crippen molar-refractivity contribution in [2.45, 2.75) is 12.8 Å². The van der Waals surface area contributed by atoms with E-state index in [1.165, 1.54) is 12.3 Å². The first-order valence-electron chi connectivity index (χ1n) is 9.29. The minimum Gasteiger partial charge on any atom is -0.497 e. The number of hydrogen-bond donors (Lipinski definition) is 2. The van der Waals surface area contributed by atoms with Crippen molar-refractivity contribution in [3.8, 4) is 5.75 Å². The number of nitrogens with one attached hydrogen (secondary N) is 2. The maximum absolute atomic E-state index is 12.3. The maximum Gasteiger partial charge on any atom is 0.269 e. The van der Waals surface area contributed by atoms with Crippen LogP contribution in [0.5, 0.6) is 5.75 Å². The van der Waals surface area contributed by atoms with Gasteiger partial charge in [-0.25, -0.2) is 0 Å². The molecule has 2 amide bonds. The number of aromatic nitrogens is 1. The molecular formula is C21H28N4O3. The summed E-state index contributed by atoms with van der Waals surface area (Å²) in [6.07, 6.45) is 3.02. The number of nitrogens with zero attached hydrogens (tertiary/aromatic N) is 2. The average molecular weight is 384 g/mol. The molecule has 1 aromatic heterocycles. The number of amides is 2. The molecule has 2 rings (SSSR count). The van der Waals surface area contributed by atoms with Crippen LogP contribution < -0.4 is 15.4 Å². The van der Waals surface area contributed by atoms with Crippen molar-refractivity contribution in [1.82, 2.24) is 20.5 Å². The molecule has 0 fully saturated rings. The first kappa shape index (κ1) is 21.4. The van der Waals surface area contributed by atoms with Crippen molar-refractivity contribution >= 4 is 11.8 Å². The van der Waals surface area contributed by atoms with E-state index in [4.69, 9.17) is 4.74 Å². The smallest absolute Gasteiger partial charge is 0.269 e. The maximum atomic E-state index is 12.3. The Morgan fingerprint density at radius 2 is 1.86 bits per heavy atom. The Kier molecular flexibility index (Phi) is 8.42. The van der Waals surface area contributed by atoms with Crippen LogP contribution >= 0.6 is 0 Å². The first-order chi connectivity index (χ1) is 13.5. The lowest BCUT2D eigenvalue weighted by Gasteiger charge is -2.10. The quantitative estimate of drug-likeness (QED) is 0.610. The average Bonchev–Trinajstić information content (AvgIpc) is 2.71. The van der Waals surface area contributed by atoms with Crippen LogP contribution in [0.2, 0.25) is 0 Å². The van der Waals surface area contributed by atoms with E-state index >= 15 is 0 Å². The first-order valence-corrected chi connectivity index (χ1v) is 9.29. The van der Waals surface area contributed by atoms with E-state index in [1.54, 1.807) is 13.2 Å². The van der Waals surface area contributed by atoms with Gasteiger partial charge in [0, 0.05) is 24.8 Å². The molecule has 7 heteroatoms. The summed E-state index contributed by atoms with van der Waals surface area (Å²) in [5.74, 6) is 0.284. The van der Waals surface area contributed by atoms with E-state index < -0.39 is 0 Å². The lowest BCUT2D eigenvalue weighted by atomic mass is 10.1. The number of pyridine rings is 1. The van der Waals surface area contributed by atoms with E-state index in [9.17, 15) is 9.59 Å². The fraction of sp³-hybridized carbons (Fsp3) is 0.381. The van der Waals surface area contributed by atoms with Gasteiger partial charge in [-0.05, 0) is 63.3 Å². The van der Waals surface area contributed by atoms with Crippen LogP contribution in [0.1, 0.15) is 32.8 Å². The minimum absolute atomic E-state index is 0.202. The summed E-state index contributed by atoms with van der Waals surface area (Å²) >= 11 is 0. The van der Waals surface area contributed by atoms with Gasteiger partial charge in [-0.3, -0.25) is 14.6 Å². The van der Waals surface area contributed by atoms with Crippen LogP contribution in [0.4, 0.5) is 0 Å². The third-order valence-corrected chi connectivity index (χ3v) is 4.16. The highest BCUT2D eigenvalue weighted by molar-refractivity contribution is 5.98. The molecule has 0 aliphatic rings. The van der Waals surface area contributed by atoms with Crippen LogP contribution in [0, 0.1) is 0 Å². The SMILES string of the molecule is COc1cccc(CCNC(=O)c2cc(C(=O)NCCCN(C)C)ccn2)c1. The lowest BCUT2D eigenvalue weighted by molar-refractivity contribution is 0.0949. The predicted octanol–water partition coefficient (Wildman–Crippen LogP) is 1.74. The van der Waals surface area contributed by atoms with Gasteiger partial charge in [-0.2, -0.15) is 0 Å². The van der Waals surface area contributed by atoms with Crippen molar-refractivity contribution in [2.75, 3.05) is 40.8 Å². The monoisotopic (exact) mass is 384 g/mol. The summed E-state index contributed by atoms with van der Waals surface area (Å²) in [4.78, 5) is 30.7. The van der Waals surface area contributed by atoms with E-state index in [2.05, 4.69) is 20.5 Å². The molecule has 0 aliphatic heterocycles. The van der Waals surface area contributed by atoms with Crippen LogP contribution in [-0.4, -0.2) is 62.5 Å². The van der Waals surface area contributed by atoms with Gasteiger partial charge in [0.1, 0.15) is 11.4 Å². The molecule has 1 heterocycles. The molecule has 2 aromatic rings. The summed E-state index contributed by atoms with van der Waals surface area (Å²) < 4.78 is 5.20. The Hall–Kier alpha value is -2.93. The second-order valence-electron chi connectivity index (χ2n) is 6.70. The number of hydrogen-bond acceptors (Lipinski definition) is 5. The van der Waals surface area contributed by atoms with Gasteiger partial charge in [0.15, 0.2) is 0 Å². The van der Waals surface area contributed by atoms with Crippen molar-refractivity contribution in [2.24, 2.45) is 0 Å². The van der Waals surface area contributed by atoms with Crippen molar-refractivity contribution in [1.29, 1.82) is 0 Å². The Morgan fingerprint density at radius 1 is 1.07 bits per heavy atom. The largest absolute Gasteiger partial charge is 0.497 e. The van der Waals surface area contributed by atoms with E-state index in [1.807, 2.05) is 38.4 Å². The summed E-state index contributed by atoms with van der Waals surface area (Å²) in [6, 6.07) is 10.8. The molecule has 0 aliphatic carbocycles. The van der Waals surface area contributed by atoms with E-state index in [0.717, 1.165) is 24.3 Å². The zero-order chi connectivity index (χ0) is 20.4. The van der Waals surface area contributed by atoms with Crippen molar-refractivity contribution in [3.05, 3.63) is 59.4 Å². The normalized spacial score (nSPS) is 10.6. The van der Waals surface area contributed by atoms with Crippen LogP contribution in [0.15, 0.2) is 42.6 Å². The molecule has 0 spiro atoms.